The van der Waals surface area contributed by atoms with E-state index >= 15 is 0 Å². The van der Waals surface area contributed by atoms with Crippen molar-refractivity contribution in [3.63, 3.8) is 0 Å². The van der Waals surface area contributed by atoms with E-state index in [1.54, 1.807) is 6.20 Å². The number of rotatable bonds is 4. The van der Waals surface area contributed by atoms with Crippen LogP contribution in [0.5, 0.6) is 5.75 Å². The first-order valence-corrected chi connectivity index (χ1v) is 7.20. The molecule has 0 radical (unpaired) electrons. The molecule has 2 rings (SSSR count). The summed E-state index contributed by atoms with van der Waals surface area (Å²) in [6.45, 7) is 0.144. The summed E-state index contributed by atoms with van der Waals surface area (Å²) in [4.78, 5) is 15.0. The largest absolute Gasteiger partial charge is 0.480 e. The highest BCUT2D eigenvalue weighted by Crippen LogP contribution is 2.38. The molecule has 0 aliphatic carbocycles. The Morgan fingerprint density at radius 2 is 2.21 bits per heavy atom. The second-order valence-corrected chi connectivity index (χ2v) is 6.35. The monoisotopic (exact) mass is 382 g/mol. The van der Waals surface area contributed by atoms with Crippen molar-refractivity contribution in [1.29, 1.82) is 0 Å². The third-order valence-corrected chi connectivity index (χ3v) is 3.97. The molecule has 19 heavy (non-hydrogen) atoms. The van der Waals surface area contributed by atoms with Crippen LogP contribution in [0.3, 0.4) is 0 Å². The van der Waals surface area contributed by atoms with E-state index in [-0.39, 0.29) is 23.1 Å². The van der Waals surface area contributed by atoms with Crippen molar-refractivity contribution in [3.05, 3.63) is 47.3 Å². The number of nitro groups is 1. The molecular weight excluding hydrogens is 379 g/mol. The molecule has 0 aliphatic rings. The minimum atomic E-state index is -0.550. The van der Waals surface area contributed by atoms with Crippen LogP contribution in [-0.4, -0.2) is 9.91 Å². The summed E-state index contributed by atoms with van der Waals surface area (Å²) in [5, 5.41) is 11.2. The van der Waals surface area contributed by atoms with Gasteiger partial charge in [-0.25, -0.2) is 4.98 Å². The normalized spacial score (nSPS) is 10.5. The maximum Gasteiger partial charge on any atom is 0.313 e. The fraction of sp³-hybridized carbons (Fsp3) is 0.100. The summed E-state index contributed by atoms with van der Waals surface area (Å²) in [5.74, 6) is 0.124. The lowest BCUT2D eigenvalue weighted by atomic mass is 10.3. The Morgan fingerprint density at radius 1 is 1.47 bits per heavy atom. The topological polar surface area (TPSA) is 65.3 Å². The van der Waals surface area contributed by atoms with E-state index in [1.165, 1.54) is 23.5 Å². The number of hydrogen-bond acceptors (Lipinski definition) is 5. The Labute approximate surface area is 130 Å². The van der Waals surface area contributed by atoms with Gasteiger partial charge in [0, 0.05) is 17.3 Å². The molecule has 0 amide bonds. The fourth-order valence-electron chi connectivity index (χ4n) is 1.32. The fourth-order valence-corrected chi connectivity index (χ4v) is 3.12. The SMILES string of the molecule is O=[N+]([O-])c1cc(Cl)cc(Br)c1OCc1cnc(Cl)s1. The smallest absolute Gasteiger partial charge is 0.313 e. The summed E-state index contributed by atoms with van der Waals surface area (Å²) >= 11 is 15.9. The molecule has 0 spiro atoms. The number of hydrogen-bond donors (Lipinski definition) is 0. The van der Waals surface area contributed by atoms with Crippen LogP contribution in [0, 0.1) is 10.1 Å². The van der Waals surface area contributed by atoms with E-state index < -0.39 is 4.92 Å². The first-order valence-electron chi connectivity index (χ1n) is 4.84. The standard InChI is InChI=1S/C10H5BrCl2N2O3S/c11-7-1-5(12)2-8(15(16)17)9(7)18-4-6-3-14-10(13)19-6/h1-3H,4H2. The van der Waals surface area contributed by atoms with Crippen molar-refractivity contribution in [2.45, 2.75) is 6.61 Å². The Balaban J connectivity index is 2.26. The number of halogens is 3. The summed E-state index contributed by atoms with van der Waals surface area (Å²) in [7, 11) is 0. The Bertz CT molecular complexity index is 635. The lowest BCUT2D eigenvalue weighted by Gasteiger charge is -2.07. The van der Waals surface area contributed by atoms with Gasteiger partial charge < -0.3 is 4.74 Å². The number of nitro benzene ring substituents is 1. The molecular formula is C10H5BrCl2N2O3S. The quantitative estimate of drug-likeness (QED) is 0.566. The van der Waals surface area contributed by atoms with Gasteiger partial charge in [0.25, 0.3) is 0 Å². The van der Waals surface area contributed by atoms with Crippen LogP contribution in [0.25, 0.3) is 0 Å². The van der Waals surface area contributed by atoms with Crippen molar-refractivity contribution in [2.75, 3.05) is 0 Å². The molecule has 100 valence electrons. The van der Waals surface area contributed by atoms with Gasteiger partial charge in [0.2, 0.25) is 5.75 Å². The molecule has 1 aromatic heterocycles. The predicted molar refractivity (Wildman–Crippen MR) is 77.3 cm³/mol. The molecule has 1 aromatic carbocycles. The van der Waals surface area contributed by atoms with Crippen LogP contribution in [0.4, 0.5) is 5.69 Å². The van der Waals surface area contributed by atoms with E-state index in [2.05, 4.69) is 20.9 Å². The van der Waals surface area contributed by atoms with Gasteiger partial charge in [0.15, 0.2) is 4.47 Å². The van der Waals surface area contributed by atoms with Crippen molar-refractivity contribution in [3.8, 4) is 5.75 Å². The zero-order valence-corrected chi connectivity index (χ0v) is 13.0. The molecule has 9 heteroatoms. The number of thiazole rings is 1. The Morgan fingerprint density at radius 3 is 2.79 bits per heavy atom. The average molecular weight is 384 g/mol. The summed E-state index contributed by atoms with van der Waals surface area (Å²) < 4.78 is 6.26. The van der Waals surface area contributed by atoms with Gasteiger partial charge in [-0.3, -0.25) is 10.1 Å². The molecule has 0 bridgehead atoms. The molecule has 0 aliphatic heterocycles. The van der Waals surface area contributed by atoms with Crippen LogP contribution in [0.1, 0.15) is 4.88 Å². The highest BCUT2D eigenvalue weighted by molar-refractivity contribution is 9.10. The van der Waals surface area contributed by atoms with Gasteiger partial charge in [0.1, 0.15) is 6.61 Å². The molecule has 5 nitrogen and oxygen atoms in total. The van der Waals surface area contributed by atoms with Crippen LogP contribution >= 0.6 is 50.5 Å². The van der Waals surface area contributed by atoms with Crippen molar-refractivity contribution in [1.82, 2.24) is 4.98 Å². The second kappa shape index (κ2) is 6.04. The van der Waals surface area contributed by atoms with Gasteiger partial charge in [-0.2, -0.15) is 0 Å². The van der Waals surface area contributed by atoms with E-state index in [0.29, 0.717) is 8.94 Å². The van der Waals surface area contributed by atoms with Gasteiger partial charge in [0.05, 0.1) is 14.3 Å². The highest BCUT2D eigenvalue weighted by atomic mass is 79.9. The maximum absolute atomic E-state index is 11.0. The molecule has 2 aromatic rings. The molecule has 0 saturated carbocycles. The van der Waals surface area contributed by atoms with E-state index in [0.717, 1.165) is 4.88 Å². The number of aromatic nitrogens is 1. The highest BCUT2D eigenvalue weighted by Gasteiger charge is 2.20. The van der Waals surface area contributed by atoms with Gasteiger partial charge in [-0.05, 0) is 22.0 Å². The first kappa shape index (κ1) is 14.5. The van der Waals surface area contributed by atoms with E-state index in [1.807, 2.05) is 0 Å². The van der Waals surface area contributed by atoms with Gasteiger partial charge >= 0.3 is 5.69 Å². The average Bonchev–Trinajstić information content (AvgIpc) is 2.73. The minimum Gasteiger partial charge on any atom is -0.480 e. The third-order valence-electron chi connectivity index (χ3n) is 2.07. The van der Waals surface area contributed by atoms with Crippen molar-refractivity contribution in [2.24, 2.45) is 0 Å². The van der Waals surface area contributed by atoms with Crippen molar-refractivity contribution < 1.29 is 9.66 Å². The number of ether oxygens (including phenoxy) is 1. The molecule has 1 heterocycles. The Kier molecular flexibility index (Phi) is 4.62. The second-order valence-electron chi connectivity index (χ2n) is 3.36. The summed E-state index contributed by atoms with van der Waals surface area (Å²) in [6, 6.07) is 2.77. The van der Waals surface area contributed by atoms with E-state index in [4.69, 9.17) is 27.9 Å². The number of nitrogens with zero attached hydrogens (tertiary/aromatic N) is 2. The zero-order chi connectivity index (χ0) is 14.0. The van der Waals surface area contributed by atoms with Gasteiger partial charge in [-0.15, -0.1) is 11.3 Å². The zero-order valence-electron chi connectivity index (χ0n) is 9.10. The molecule has 0 fully saturated rings. The molecule has 0 atom stereocenters. The van der Waals surface area contributed by atoms with Crippen LogP contribution in [0.2, 0.25) is 9.49 Å². The summed E-state index contributed by atoms with van der Waals surface area (Å²) in [6.07, 6.45) is 1.56. The Hall–Kier alpha value is -0.890. The lowest BCUT2D eigenvalue weighted by molar-refractivity contribution is -0.386. The van der Waals surface area contributed by atoms with Crippen LogP contribution in [-0.2, 0) is 6.61 Å². The van der Waals surface area contributed by atoms with Gasteiger partial charge in [-0.1, -0.05) is 23.2 Å². The van der Waals surface area contributed by atoms with Crippen molar-refractivity contribution >= 4 is 56.2 Å². The lowest BCUT2D eigenvalue weighted by Crippen LogP contribution is -1.99. The summed E-state index contributed by atoms with van der Waals surface area (Å²) in [5.41, 5.74) is -0.199. The molecule has 0 saturated heterocycles. The van der Waals surface area contributed by atoms with Crippen LogP contribution in [0.15, 0.2) is 22.8 Å². The predicted octanol–water partition coefficient (Wildman–Crippen LogP) is 4.70. The third kappa shape index (κ3) is 3.56. The number of benzene rings is 1. The minimum absolute atomic E-state index is 0.124. The first-order chi connectivity index (χ1) is 8.97. The molecule has 0 unspecified atom stereocenters. The maximum atomic E-state index is 11.0. The molecule has 0 N–H and O–H groups in total. The van der Waals surface area contributed by atoms with E-state index in [9.17, 15) is 10.1 Å². The van der Waals surface area contributed by atoms with Crippen LogP contribution < -0.4 is 4.74 Å².